The van der Waals surface area contributed by atoms with Crippen LogP contribution in [0.25, 0.3) is 0 Å². The topological polar surface area (TPSA) is 15.3 Å². The zero-order valence-corrected chi connectivity index (χ0v) is 12.3. The van der Waals surface area contributed by atoms with Crippen molar-refractivity contribution in [2.24, 2.45) is 0 Å². The summed E-state index contributed by atoms with van der Waals surface area (Å²) in [5.74, 6) is 0. The molecule has 19 heavy (non-hydrogen) atoms. The normalized spacial score (nSPS) is 23.1. The van der Waals surface area contributed by atoms with Crippen LogP contribution in [0, 0.1) is 13.8 Å². The van der Waals surface area contributed by atoms with Gasteiger partial charge >= 0.3 is 0 Å². The lowest BCUT2D eigenvalue weighted by molar-refractivity contribution is 0.0569. The van der Waals surface area contributed by atoms with E-state index in [0.717, 1.165) is 13.1 Å². The molecule has 2 aliphatic rings. The number of piperazine rings is 1. The number of nitrogens with one attached hydrogen (secondary N) is 1. The smallest absolute Gasteiger partial charge is 0.0338 e. The van der Waals surface area contributed by atoms with Crippen LogP contribution in [0.5, 0.6) is 0 Å². The summed E-state index contributed by atoms with van der Waals surface area (Å²) in [6.07, 6.45) is 5.58. The first kappa shape index (κ1) is 13.1. The van der Waals surface area contributed by atoms with Crippen molar-refractivity contribution >= 4 is 0 Å². The molecule has 1 aliphatic heterocycles. The number of rotatable bonds is 2. The lowest BCUT2D eigenvalue weighted by atomic mass is 9.91. The number of hydrogen-bond acceptors (Lipinski definition) is 2. The van der Waals surface area contributed by atoms with Crippen LogP contribution in [0.3, 0.4) is 0 Å². The van der Waals surface area contributed by atoms with Gasteiger partial charge in [-0.25, -0.2) is 0 Å². The maximum absolute atomic E-state index is 3.62. The summed E-state index contributed by atoms with van der Waals surface area (Å²) in [4.78, 5) is 2.77. The first-order chi connectivity index (χ1) is 9.21. The number of hydrogen-bond donors (Lipinski definition) is 1. The highest BCUT2D eigenvalue weighted by molar-refractivity contribution is 5.33. The Kier molecular flexibility index (Phi) is 3.64. The fraction of sp³-hybridized carbons (Fsp3) is 0.647. The second kappa shape index (κ2) is 5.26. The molecular weight excluding hydrogens is 232 g/mol. The van der Waals surface area contributed by atoms with Crippen LogP contribution in [0.2, 0.25) is 0 Å². The average Bonchev–Trinajstić information content (AvgIpc) is 2.85. The van der Waals surface area contributed by atoms with Crippen LogP contribution in [-0.4, -0.2) is 30.1 Å². The van der Waals surface area contributed by atoms with Gasteiger partial charge in [-0.3, -0.25) is 4.90 Å². The Hall–Kier alpha value is -0.860. The third-order valence-corrected chi connectivity index (χ3v) is 5.21. The lowest BCUT2D eigenvalue weighted by Gasteiger charge is -2.46. The zero-order chi connectivity index (χ0) is 13.3. The van der Waals surface area contributed by atoms with E-state index < -0.39 is 0 Å². The van der Waals surface area contributed by atoms with Gasteiger partial charge in [0.25, 0.3) is 0 Å². The molecule has 1 aromatic rings. The molecule has 1 aromatic carbocycles. The van der Waals surface area contributed by atoms with Crippen LogP contribution in [-0.2, 0) is 6.54 Å². The van der Waals surface area contributed by atoms with Crippen molar-refractivity contribution in [2.45, 2.75) is 51.6 Å². The van der Waals surface area contributed by atoms with E-state index in [4.69, 9.17) is 0 Å². The molecule has 2 heteroatoms. The summed E-state index contributed by atoms with van der Waals surface area (Å²) in [5, 5.41) is 3.62. The summed E-state index contributed by atoms with van der Waals surface area (Å²) in [6, 6.07) is 6.69. The van der Waals surface area contributed by atoms with E-state index in [0.29, 0.717) is 5.54 Å². The minimum atomic E-state index is 0.451. The van der Waals surface area contributed by atoms with Gasteiger partial charge in [-0.05, 0) is 43.4 Å². The molecule has 0 aromatic heterocycles. The van der Waals surface area contributed by atoms with E-state index in [2.05, 4.69) is 42.3 Å². The number of nitrogens with zero attached hydrogens (tertiary/aromatic N) is 1. The molecule has 1 heterocycles. The Morgan fingerprint density at radius 1 is 1.16 bits per heavy atom. The van der Waals surface area contributed by atoms with Crippen molar-refractivity contribution in [1.82, 2.24) is 10.2 Å². The third-order valence-electron chi connectivity index (χ3n) is 5.21. The van der Waals surface area contributed by atoms with E-state index in [1.165, 1.54) is 49.9 Å². The summed E-state index contributed by atoms with van der Waals surface area (Å²) >= 11 is 0. The molecule has 0 unspecified atom stereocenters. The van der Waals surface area contributed by atoms with E-state index in [1.807, 2.05) is 0 Å². The highest BCUT2D eigenvalue weighted by Gasteiger charge is 2.41. The predicted octanol–water partition coefficient (Wildman–Crippen LogP) is 3.02. The Labute approximate surface area is 117 Å². The molecule has 1 spiro atoms. The van der Waals surface area contributed by atoms with E-state index >= 15 is 0 Å². The molecule has 0 radical (unpaired) electrons. The molecule has 2 fully saturated rings. The van der Waals surface area contributed by atoms with E-state index in [9.17, 15) is 0 Å². The molecule has 1 saturated heterocycles. The van der Waals surface area contributed by atoms with Gasteiger partial charge in [0.2, 0.25) is 0 Å². The monoisotopic (exact) mass is 258 g/mol. The predicted molar refractivity (Wildman–Crippen MR) is 80.4 cm³/mol. The maximum Gasteiger partial charge on any atom is 0.0338 e. The first-order valence-corrected chi connectivity index (χ1v) is 7.72. The average molecular weight is 258 g/mol. The molecule has 0 amide bonds. The second-order valence-corrected chi connectivity index (χ2v) is 6.40. The van der Waals surface area contributed by atoms with E-state index in [-0.39, 0.29) is 0 Å². The summed E-state index contributed by atoms with van der Waals surface area (Å²) in [6.45, 7) is 9.19. The van der Waals surface area contributed by atoms with Gasteiger partial charge in [0.15, 0.2) is 0 Å². The fourth-order valence-electron chi connectivity index (χ4n) is 3.95. The molecule has 0 atom stereocenters. The Bertz CT molecular complexity index is 426. The van der Waals surface area contributed by atoms with Gasteiger partial charge in [-0.1, -0.05) is 31.0 Å². The minimum Gasteiger partial charge on any atom is -0.314 e. The van der Waals surface area contributed by atoms with Crippen molar-refractivity contribution < 1.29 is 0 Å². The van der Waals surface area contributed by atoms with Gasteiger partial charge in [0.05, 0.1) is 0 Å². The third kappa shape index (κ3) is 2.44. The van der Waals surface area contributed by atoms with Crippen LogP contribution in [0.15, 0.2) is 18.2 Å². The Morgan fingerprint density at radius 3 is 2.53 bits per heavy atom. The minimum absolute atomic E-state index is 0.451. The van der Waals surface area contributed by atoms with Gasteiger partial charge in [0, 0.05) is 31.7 Å². The van der Waals surface area contributed by atoms with Crippen molar-refractivity contribution in [1.29, 1.82) is 0 Å². The van der Waals surface area contributed by atoms with Crippen LogP contribution >= 0.6 is 0 Å². The highest BCUT2D eigenvalue weighted by Crippen LogP contribution is 2.37. The number of aryl methyl sites for hydroxylation is 2. The van der Waals surface area contributed by atoms with Crippen LogP contribution in [0.4, 0.5) is 0 Å². The molecule has 1 N–H and O–H groups in total. The van der Waals surface area contributed by atoms with Crippen molar-refractivity contribution in [3.63, 3.8) is 0 Å². The number of benzene rings is 1. The molecule has 2 nitrogen and oxygen atoms in total. The lowest BCUT2D eigenvalue weighted by Crippen LogP contribution is -2.59. The van der Waals surface area contributed by atoms with Gasteiger partial charge in [-0.15, -0.1) is 0 Å². The largest absolute Gasteiger partial charge is 0.314 e. The SMILES string of the molecule is Cc1cccc(C)c1CN1CCNCC12CCCC2. The Morgan fingerprint density at radius 2 is 1.84 bits per heavy atom. The summed E-state index contributed by atoms with van der Waals surface area (Å²) in [7, 11) is 0. The van der Waals surface area contributed by atoms with Crippen LogP contribution < -0.4 is 5.32 Å². The standard InChI is InChI=1S/C17H26N2/c1-14-6-5-7-15(2)16(14)12-19-11-10-18-13-17(19)8-3-4-9-17/h5-7,18H,3-4,8-13H2,1-2H3. The van der Waals surface area contributed by atoms with E-state index in [1.54, 1.807) is 5.56 Å². The second-order valence-electron chi connectivity index (χ2n) is 6.40. The maximum atomic E-state index is 3.62. The van der Waals surface area contributed by atoms with Crippen LogP contribution in [0.1, 0.15) is 42.4 Å². The quantitative estimate of drug-likeness (QED) is 0.877. The summed E-state index contributed by atoms with van der Waals surface area (Å²) in [5.41, 5.74) is 4.90. The highest BCUT2D eigenvalue weighted by atomic mass is 15.3. The van der Waals surface area contributed by atoms with Crippen molar-refractivity contribution in [3.8, 4) is 0 Å². The molecular formula is C17H26N2. The molecule has 1 saturated carbocycles. The van der Waals surface area contributed by atoms with Gasteiger partial charge in [-0.2, -0.15) is 0 Å². The van der Waals surface area contributed by atoms with Gasteiger partial charge in [0.1, 0.15) is 0 Å². The summed E-state index contributed by atoms with van der Waals surface area (Å²) < 4.78 is 0. The molecule has 1 aliphatic carbocycles. The Balaban J connectivity index is 1.84. The molecule has 3 rings (SSSR count). The first-order valence-electron chi connectivity index (χ1n) is 7.72. The zero-order valence-electron chi connectivity index (χ0n) is 12.3. The van der Waals surface area contributed by atoms with Gasteiger partial charge < -0.3 is 5.32 Å². The molecule has 104 valence electrons. The van der Waals surface area contributed by atoms with Crippen molar-refractivity contribution in [2.75, 3.05) is 19.6 Å². The van der Waals surface area contributed by atoms with Crippen molar-refractivity contribution in [3.05, 3.63) is 34.9 Å². The fourth-order valence-corrected chi connectivity index (χ4v) is 3.95. The molecule has 0 bridgehead atoms.